The van der Waals surface area contributed by atoms with E-state index in [4.69, 9.17) is 4.74 Å². The largest absolute Gasteiger partial charge is 0.496 e. The van der Waals surface area contributed by atoms with E-state index in [2.05, 4.69) is 5.32 Å². The molecule has 4 rings (SSSR count). The Bertz CT molecular complexity index is 956. The van der Waals surface area contributed by atoms with Gasteiger partial charge in [0.15, 0.2) is 0 Å². The first-order valence-corrected chi connectivity index (χ1v) is 9.36. The average Bonchev–Trinajstić information content (AvgIpc) is 3.22. The van der Waals surface area contributed by atoms with Crippen molar-refractivity contribution in [2.24, 2.45) is 0 Å². The highest BCUT2D eigenvalue weighted by atomic mass is 32.1. The second-order valence-electron chi connectivity index (χ2n) is 6.59. The maximum atomic E-state index is 13.2. The van der Waals surface area contributed by atoms with E-state index in [0.29, 0.717) is 17.7 Å². The average molecular weight is 387 g/mol. The molecule has 0 bridgehead atoms. The Labute approximate surface area is 158 Å². The van der Waals surface area contributed by atoms with Crippen molar-refractivity contribution < 1.29 is 19.2 Å². The van der Waals surface area contributed by atoms with E-state index in [1.807, 2.05) is 11.4 Å². The highest BCUT2D eigenvalue weighted by Crippen LogP contribution is 2.42. The summed E-state index contributed by atoms with van der Waals surface area (Å²) in [5.41, 5.74) is 0.128. The molecular weight excluding hydrogens is 370 g/mol. The first-order chi connectivity index (χ1) is 13.0. The number of nitrogens with zero attached hydrogens (tertiary/aromatic N) is 2. The SMILES string of the molecule is COc1ccc([N+](=O)[O-])cc1CN1C(=O)NC2(CCCc3sccc32)C1=O. The third-order valence-corrected chi connectivity index (χ3v) is 6.12. The van der Waals surface area contributed by atoms with Crippen molar-refractivity contribution in [1.82, 2.24) is 10.2 Å². The number of amides is 3. The quantitative estimate of drug-likeness (QED) is 0.494. The second-order valence-corrected chi connectivity index (χ2v) is 7.59. The highest BCUT2D eigenvalue weighted by Gasteiger charge is 2.54. The van der Waals surface area contributed by atoms with Crippen LogP contribution in [-0.2, 0) is 23.3 Å². The lowest BCUT2D eigenvalue weighted by atomic mass is 9.80. The van der Waals surface area contributed by atoms with Crippen molar-refractivity contribution in [3.05, 3.63) is 55.8 Å². The van der Waals surface area contributed by atoms with Crippen LogP contribution < -0.4 is 10.1 Å². The van der Waals surface area contributed by atoms with Crippen LogP contribution in [0.5, 0.6) is 5.75 Å². The van der Waals surface area contributed by atoms with Crippen LogP contribution >= 0.6 is 11.3 Å². The van der Waals surface area contributed by atoms with E-state index in [0.717, 1.165) is 28.2 Å². The Morgan fingerprint density at radius 2 is 2.19 bits per heavy atom. The second kappa shape index (κ2) is 6.34. The number of carbonyl (C=O) groups is 2. The van der Waals surface area contributed by atoms with Crippen LogP contribution in [0.15, 0.2) is 29.6 Å². The third kappa shape index (κ3) is 2.66. The van der Waals surface area contributed by atoms with Crippen LogP contribution in [0.1, 0.15) is 28.8 Å². The van der Waals surface area contributed by atoms with Gasteiger partial charge in [0.1, 0.15) is 11.3 Å². The number of methoxy groups -OCH3 is 1. The fourth-order valence-corrected chi connectivity index (χ4v) is 4.86. The van der Waals surface area contributed by atoms with E-state index in [1.54, 1.807) is 11.3 Å². The number of nitro benzene ring substituents is 1. The Balaban J connectivity index is 1.69. The van der Waals surface area contributed by atoms with Gasteiger partial charge in [-0.05, 0) is 36.8 Å². The predicted molar refractivity (Wildman–Crippen MR) is 97.7 cm³/mol. The van der Waals surface area contributed by atoms with Crippen LogP contribution in [0.3, 0.4) is 0 Å². The zero-order chi connectivity index (χ0) is 19.2. The first-order valence-electron chi connectivity index (χ1n) is 8.48. The molecule has 0 radical (unpaired) electrons. The molecule has 27 heavy (non-hydrogen) atoms. The van der Waals surface area contributed by atoms with Gasteiger partial charge >= 0.3 is 6.03 Å². The summed E-state index contributed by atoms with van der Waals surface area (Å²) in [5.74, 6) is 0.0717. The van der Waals surface area contributed by atoms with Gasteiger partial charge in [-0.15, -0.1) is 11.3 Å². The number of non-ortho nitro benzene ring substituents is 1. The summed E-state index contributed by atoms with van der Waals surface area (Å²) >= 11 is 1.59. The van der Waals surface area contributed by atoms with Crippen LogP contribution in [0.4, 0.5) is 10.5 Å². The molecule has 1 unspecified atom stereocenters. The summed E-state index contributed by atoms with van der Waals surface area (Å²) in [7, 11) is 1.44. The van der Waals surface area contributed by atoms with E-state index in [-0.39, 0.29) is 18.1 Å². The van der Waals surface area contributed by atoms with Crippen molar-refractivity contribution in [2.75, 3.05) is 7.11 Å². The lowest BCUT2D eigenvalue weighted by molar-refractivity contribution is -0.384. The van der Waals surface area contributed by atoms with Gasteiger partial charge in [-0.25, -0.2) is 4.79 Å². The molecule has 3 amide bonds. The minimum atomic E-state index is -1.03. The molecule has 8 nitrogen and oxygen atoms in total. The standard InChI is InChI=1S/C18H17N3O5S/c1-26-14-5-4-12(21(24)25)9-11(14)10-20-16(22)18(19-17(20)23)7-2-3-15-13(18)6-8-27-15/h4-6,8-9H,2-3,7,10H2,1H3,(H,19,23). The Hall–Kier alpha value is -2.94. The number of carbonyl (C=O) groups excluding carboxylic acids is 2. The molecule has 1 N–H and O–H groups in total. The van der Waals surface area contributed by atoms with E-state index >= 15 is 0 Å². The van der Waals surface area contributed by atoms with Crippen molar-refractivity contribution in [3.8, 4) is 5.75 Å². The lowest BCUT2D eigenvalue weighted by Gasteiger charge is -2.31. The van der Waals surface area contributed by atoms with Crippen LogP contribution in [0.25, 0.3) is 0 Å². The van der Waals surface area contributed by atoms with Gasteiger partial charge in [0, 0.05) is 28.1 Å². The highest BCUT2D eigenvalue weighted by molar-refractivity contribution is 7.10. The minimum Gasteiger partial charge on any atom is -0.496 e. The number of imide groups is 1. The number of fused-ring (bicyclic) bond motifs is 2. The van der Waals surface area contributed by atoms with Gasteiger partial charge in [-0.1, -0.05) is 0 Å². The van der Waals surface area contributed by atoms with Crippen LogP contribution in [0.2, 0.25) is 0 Å². The molecule has 0 saturated carbocycles. The van der Waals surface area contributed by atoms with Crippen molar-refractivity contribution >= 4 is 29.0 Å². The number of nitro groups is 1. The molecule has 2 heterocycles. The summed E-state index contributed by atoms with van der Waals surface area (Å²) in [6, 6.07) is 5.54. The molecule has 2 aromatic rings. The monoisotopic (exact) mass is 387 g/mol. The van der Waals surface area contributed by atoms with E-state index < -0.39 is 16.5 Å². The first kappa shape index (κ1) is 17.5. The Morgan fingerprint density at radius 1 is 1.37 bits per heavy atom. The van der Waals surface area contributed by atoms with Gasteiger partial charge in [0.2, 0.25) is 0 Å². The molecule has 9 heteroatoms. The summed E-state index contributed by atoms with van der Waals surface area (Å²) in [4.78, 5) is 38.7. The molecule has 1 aromatic heterocycles. The van der Waals surface area contributed by atoms with Gasteiger partial charge in [0.25, 0.3) is 11.6 Å². The van der Waals surface area contributed by atoms with Gasteiger partial charge in [0.05, 0.1) is 18.6 Å². The Kier molecular flexibility index (Phi) is 4.11. The fraction of sp³-hybridized carbons (Fsp3) is 0.333. The number of nitrogens with one attached hydrogen (secondary N) is 1. The number of urea groups is 1. The number of ether oxygens (including phenoxy) is 1. The summed E-state index contributed by atoms with van der Waals surface area (Å²) in [5, 5.41) is 15.9. The topological polar surface area (TPSA) is 102 Å². The normalized spacial score (nSPS) is 21.3. The molecule has 1 spiro atoms. The molecule has 1 fully saturated rings. The van der Waals surface area contributed by atoms with Crippen LogP contribution in [-0.4, -0.2) is 28.9 Å². The number of hydrogen-bond donors (Lipinski definition) is 1. The minimum absolute atomic E-state index is 0.0866. The molecule has 2 aliphatic rings. The van der Waals surface area contributed by atoms with E-state index in [9.17, 15) is 19.7 Å². The van der Waals surface area contributed by atoms with Gasteiger partial charge in [-0.3, -0.25) is 19.8 Å². The molecule has 1 atom stereocenters. The molecule has 1 saturated heterocycles. The van der Waals surface area contributed by atoms with Crippen molar-refractivity contribution in [1.29, 1.82) is 0 Å². The smallest absolute Gasteiger partial charge is 0.325 e. The fourth-order valence-electron chi connectivity index (χ4n) is 3.86. The predicted octanol–water partition coefficient (Wildman–Crippen LogP) is 2.95. The summed E-state index contributed by atoms with van der Waals surface area (Å²) in [6.07, 6.45) is 2.26. The van der Waals surface area contributed by atoms with Gasteiger partial charge < -0.3 is 10.1 Å². The van der Waals surface area contributed by atoms with Gasteiger partial charge in [-0.2, -0.15) is 0 Å². The molecule has 1 aliphatic heterocycles. The molecule has 1 aliphatic carbocycles. The number of benzene rings is 1. The summed E-state index contributed by atoms with van der Waals surface area (Å²) in [6.45, 7) is -0.0866. The number of rotatable bonds is 4. The molecular formula is C18H17N3O5S. The zero-order valence-corrected chi connectivity index (χ0v) is 15.4. The van der Waals surface area contributed by atoms with Crippen LogP contribution in [0, 0.1) is 10.1 Å². The number of aryl methyl sites for hydroxylation is 1. The Morgan fingerprint density at radius 3 is 2.93 bits per heavy atom. The number of thiophene rings is 1. The van der Waals surface area contributed by atoms with E-state index in [1.165, 1.54) is 25.3 Å². The zero-order valence-electron chi connectivity index (χ0n) is 14.6. The summed E-state index contributed by atoms with van der Waals surface area (Å²) < 4.78 is 5.25. The molecule has 1 aromatic carbocycles. The third-order valence-electron chi connectivity index (χ3n) is 5.14. The maximum Gasteiger partial charge on any atom is 0.325 e. The van der Waals surface area contributed by atoms with Crippen molar-refractivity contribution in [3.63, 3.8) is 0 Å². The lowest BCUT2D eigenvalue weighted by Crippen LogP contribution is -2.46. The molecule has 140 valence electrons. The maximum absolute atomic E-state index is 13.2. The van der Waals surface area contributed by atoms with Crippen molar-refractivity contribution in [2.45, 2.75) is 31.3 Å². The number of hydrogen-bond acceptors (Lipinski definition) is 6.